The fourth-order valence-electron chi connectivity index (χ4n) is 4.04. The molecule has 1 amide bonds. The highest BCUT2D eigenvalue weighted by molar-refractivity contribution is 7.15. The molecule has 0 spiro atoms. The van der Waals surface area contributed by atoms with Crippen molar-refractivity contribution in [3.8, 4) is 0 Å². The summed E-state index contributed by atoms with van der Waals surface area (Å²) in [5, 5.41) is 10.0. The third kappa shape index (κ3) is 3.14. The number of hydrogen-bond donors (Lipinski definition) is 0. The molecule has 1 aliphatic rings. The number of aryl methyl sites for hydroxylation is 3. The summed E-state index contributed by atoms with van der Waals surface area (Å²) in [6, 6.07) is 8.57. The van der Waals surface area contributed by atoms with E-state index in [4.69, 9.17) is 4.42 Å². The van der Waals surface area contributed by atoms with Gasteiger partial charge in [-0.05, 0) is 61.2 Å². The molecule has 1 atom stereocenters. The van der Waals surface area contributed by atoms with E-state index in [-0.39, 0.29) is 16.8 Å². The summed E-state index contributed by atoms with van der Waals surface area (Å²) in [7, 11) is 0. The monoisotopic (exact) mass is 449 g/mol. The van der Waals surface area contributed by atoms with Gasteiger partial charge in [0.25, 0.3) is 5.91 Å². The van der Waals surface area contributed by atoms with Crippen LogP contribution in [0.4, 0.5) is 9.52 Å². The van der Waals surface area contributed by atoms with Crippen molar-refractivity contribution in [1.82, 2.24) is 10.2 Å². The Morgan fingerprint density at radius 3 is 2.53 bits per heavy atom. The Morgan fingerprint density at radius 2 is 1.81 bits per heavy atom. The first-order valence-corrected chi connectivity index (χ1v) is 11.2. The van der Waals surface area contributed by atoms with Crippen LogP contribution in [0.15, 0.2) is 45.6 Å². The van der Waals surface area contributed by atoms with Gasteiger partial charge in [0.2, 0.25) is 10.9 Å². The van der Waals surface area contributed by atoms with Crippen molar-refractivity contribution in [2.75, 3.05) is 4.90 Å². The molecule has 0 saturated carbocycles. The molecule has 0 fully saturated rings. The zero-order chi connectivity index (χ0) is 22.6. The molecular formula is C24H20FN3O3S. The van der Waals surface area contributed by atoms with E-state index in [1.165, 1.54) is 28.4 Å². The molecule has 162 valence electrons. The van der Waals surface area contributed by atoms with Crippen LogP contribution in [0.3, 0.4) is 0 Å². The van der Waals surface area contributed by atoms with Crippen LogP contribution in [-0.4, -0.2) is 16.1 Å². The molecule has 1 aliphatic heterocycles. The van der Waals surface area contributed by atoms with Crippen molar-refractivity contribution < 1.29 is 13.6 Å². The molecule has 2 aromatic carbocycles. The fraction of sp³-hybridized carbons (Fsp3) is 0.250. The van der Waals surface area contributed by atoms with Gasteiger partial charge in [-0.25, -0.2) is 4.39 Å². The quantitative estimate of drug-likeness (QED) is 0.433. The van der Waals surface area contributed by atoms with Crippen LogP contribution in [0.2, 0.25) is 0 Å². The maximum absolute atomic E-state index is 13.6. The number of nitrogens with zero attached hydrogens (tertiary/aromatic N) is 3. The van der Waals surface area contributed by atoms with Crippen LogP contribution >= 0.6 is 11.3 Å². The first-order chi connectivity index (χ1) is 15.4. The molecule has 0 aliphatic carbocycles. The molecule has 6 nitrogen and oxygen atoms in total. The van der Waals surface area contributed by atoms with Gasteiger partial charge in [-0.2, -0.15) is 0 Å². The van der Waals surface area contributed by atoms with Gasteiger partial charge in [-0.1, -0.05) is 30.4 Å². The van der Waals surface area contributed by atoms with E-state index in [0.29, 0.717) is 21.7 Å². The third-order valence-corrected chi connectivity index (χ3v) is 6.78. The summed E-state index contributed by atoms with van der Waals surface area (Å²) in [5.74, 6) is -0.860. The number of carbonyl (C=O) groups excluding carboxylic acids is 1. The Bertz CT molecular complexity index is 1430. The minimum Gasteiger partial charge on any atom is -0.450 e. The van der Waals surface area contributed by atoms with E-state index in [1.807, 2.05) is 20.8 Å². The number of aromatic nitrogens is 2. The van der Waals surface area contributed by atoms with Crippen LogP contribution in [0, 0.1) is 19.7 Å². The number of halogens is 1. The van der Waals surface area contributed by atoms with Crippen LogP contribution in [-0.2, 0) is 6.42 Å². The second-order valence-corrected chi connectivity index (χ2v) is 9.00. The van der Waals surface area contributed by atoms with Crippen molar-refractivity contribution in [2.45, 2.75) is 39.7 Å². The lowest BCUT2D eigenvalue weighted by Gasteiger charge is -2.22. The van der Waals surface area contributed by atoms with Gasteiger partial charge in [0.1, 0.15) is 16.4 Å². The second-order valence-electron chi connectivity index (χ2n) is 7.96. The van der Waals surface area contributed by atoms with Crippen LogP contribution in [0.5, 0.6) is 0 Å². The standard InChI is InChI=1S/C24H20FN3O3S/c1-4-5-18-26-27-24(32-18)28-20(14-6-8-15(25)9-7-14)19-21(29)16-10-12(2)13(3)11-17(16)31-22(19)23(28)30/h6-11,20H,4-5H2,1-3H3. The molecule has 8 heteroatoms. The highest BCUT2D eigenvalue weighted by atomic mass is 32.1. The van der Waals surface area contributed by atoms with Crippen LogP contribution < -0.4 is 10.3 Å². The van der Waals surface area contributed by atoms with Gasteiger partial charge in [0, 0.05) is 6.42 Å². The largest absolute Gasteiger partial charge is 0.450 e. The maximum Gasteiger partial charge on any atom is 0.297 e. The minimum atomic E-state index is -0.775. The maximum atomic E-state index is 13.6. The van der Waals surface area contributed by atoms with Gasteiger partial charge < -0.3 is 4.42 Å². The average molecular weight is 450 g/mol. The average Bonchev–Trinajstić information content (AvgIpc) is 3.33. The molecule has 0 saturated heterocycles. The number of amides is 1. The van der Waals surface area contributed by atoms with E-state index < -0.39 is 17.8 Å². The fourth-order valence-corrected chi connectivity index (χ4v) is 5.01. The zero-order valence-electron chi connectivity index (χ0n) is 17.8. The molecule has 0 N–H and O–H groups in total. The molecule has 2 aromatic heterocycles. The normalized spacial score (nSPS) is 15.6. The summed E-state index contributed by atoms with van der Waals surface area (Å²) < 4.78 is 19.6. The van der Waals surface area contributed by atoms with Gasteiger partial charge in [-0.3, -0.25) is 14.5 Å². The first kappa shape index (κ1) is 20.5. The molecule has 32 heavy (non-hydrogen) atoms. The lowest BCUT2D eigenvalue weighted by atomic mass is 9.97. The molecule has 3 heterocycles. The number of rotatable bonds is 4. The molecule has 5 rings (SSSR count). The SMILES string of the molecule is CCCc1nnc(N2C(=O)c3oc4cc(C)c(C)cc4c(=O)c3C2c2ccc(F)cc2)s1. The summed E-state index contributed by atoms with van der Waals surface area (Å²) in [4.78, 5) is 28.6. The lowest BCUT2D eigenvalue weighted by molar-refractivity contribution is 0.0970. The molecule has 0 bridgehead atoms. The van der Waals surface area contributed by atoms with Gasteiger partial charge in [-0.15, -0.1) is 10.2 Å². The van der Waals surface area contributed by atoms with E-state index in [9.17, 15) is 14.0 Å². The van der Waals surface area contributed by atoms with Gasteiger partial charge in [0.15, 0.2) is 5.43 Å². The highest BCUT2D eigenvalue weighted by Gasteiger charge is 2.45. The van der Waals surface area contributed by atoms with Crippen molar-refractivity contribution >= 4 is 33.3 Å². The van der Waals surface area contributed by atoms with Crippen molar-refractivity contribution in [3.05, 3.63) is 85.5 Å². The summed E-state index contributed by atoms with van der Waals surface area (Å²) in [5.41, 5.74) is 2.86. The summed E-state index contributed by atoms with van der Waals surface area (Å²) in [6.07, 6.45) is 1.64. The Morgan fingerprint density at radius 1 is 1.09 bits per heavy atom. The number of benzene rings is 2. The number of carbonyl (C=O) groups is 1. The number of anilines is 1. The van der Waals surface area contributed by atoms with Crippen molar-refractivity contribution in [1.29, 1.82) is 0 Å². The Labute approximate surface area is 187 Å². The minimum absolute atomic E-state index is 0.00711. The number of fused-ring (bicyclic) bond motifs is 2. The summed E-state index contributed by atoms with van der Waals surface area (Å²) >= 11 is 1.31. The topological polar surface area (TPSA) is 76.3 Å². The van der Waals surface area contributed by atoms with Crippen molar-refractivity contribution in [3.63, 3.8) is 0 Å². The smallest absolute Gasteiger partial charge is 0.297 e. The zero-order valence-corrected chi connectivity index (χ0v) is 18.6. The Balaban J connectivity index is 1.77. The van der Waals surface area contributed by atoms with E-state index in [1.54, 1.807) is 24.3 Å². The molecule has 1 unspecified atom stereocenters. The van der Waals surface area contributed by atoms with Gasteiger partial charge in [0.05, 0.1) is 17.0 Å². The molecule has 4 aromatic rings. The second kappa shape index (κ2) is 7.63. The van der Waals surface area contributed by atoms with E-state index in [2.05, 4.69) is 10.2 Å². The number of hydrogen-bond acceptors (Lipinski definition) is 6. The van der Waals surface area contributed by atoms with E-state index >= 15 is 0 Å². The van der Waals surface area contributed by atoms with Crippen LogP contribution in [0.25, 0.3) is 11.0 Å². The van der Waals surface area contributed by atoms with Crippen LogP contribution in [0.1, 0.15) is 57.2 Å². The van der Waals surface area contributed by atoms with E-state index in [0.717, 1.165) is 29.0 Å². The molecular weight excluding hydrogens is 429 g/mol. The molecule has 0 radical (unpaired) electrons. The predicted molar refractivity (Wildman–Crippen MR) is 121 cm³/mol. The van der Waals surface area contributed by atoms with Gasteiger partial charge >= 0.3 is 0 Å². The first-order valence-electron chi connectivity index (χ1n) is 10.4. The summed E-state index contributed by atoms with van der Waals surface area (Å²) in [6.45, 7) is 5.89. The predicted octanol–water partition coefficient (Wildman–Crippen LogP) is 5.10. The lowest BCUT2D eigenvalue weighted by Crippen LogP contribution is -2.29. The highest BCUT2D eigenvalue weighted by Crippen LogP contribution is 2.42. The third-order valence-electron chi connectivity index (χ3n) is 5.80. The Kier molecular flexibility index (Phi) is 4.89. The Hall–Kier alpha value is -3.39. The van der Waals surface area contributed by atoms with Crippen molar-refractivity contribution in [2.24, 2.45) is 0 Å².